The van der Waals surface area contributed by atoms with E-state index in [4.69, 9.17) is 14.2 Å². The molecule has 0 unspecified atom stereocenters. The van der Waals surface area contributed by atoms with E-state index in [0.717, 1.165) is 37.3 Å². The number of thiophene rings is 1. The molecule has 0 bridgehead atoms. The Morgan fingerprint density at radius 2 is 1.97 bits per heavy atom. The van der Waals surface area contributed by atoms with Gasteiger partial charge in [-0.1, -0.05) is 0 Å². The number of aryl methyl sites for hydroxylation is 1. The zero-order valence-corrected chi connectivity index (χ0v) is 18.3. The molecule has 9 nitrogen and oxygen atoms in total. The van der Waals surface area contributed by atoms with Gasteiger partial charge in [0, 0.05) is 7.11 Å². The van der Waals surface area contributed by atoms with Crippen LogP contribution >= 0.6 is 11.3 Å². The Kier molecular flexibility index (Phi) is 7.57. The molecule has 0 atom stereocenters. The molecule has 0 radical (unpaired) electrons. The van der Waals surface area contributed by atoms with Crippen molar-refractivity contribution in [3.05, 3.63) is 26.6 Å². The van der Waals surface area contributed by atoms with Gasteiger partial charge in [0.2, 0.25) is 0 Å². The third-order valence-electron chi connectivity index (χ3n) is 5.14. The molecule has 0 aromatic carbocycles. The average molecular weight is 438 g/mol. The van der Waals surface area contributed by atoms with E-state index < -0.39 is 5.97 Å². The van der Waals surface area contributed by atoms with E-state index >= 15 is 0 Å². The van der Waals surface area contributed by atoms with E-state index in [2.05, 4.69) is 14.9 Å². The topological polar surface area (TPSA) is 111 Å². The molecule has 3 heterocycles. The summed E-state index contributed by atoms with van der Waals surface area (Å²) in [7, 11) is 1.53. The lowest BCUT2D eigenvalue weighted by Crippen LogP contribution is -2.37. The lowest BCUT2D eigenvalue weighted by molar-refractivity contribution is -0.149. The summed E-state index contributed by atoms with van der Waals surface area (Å²) >= 11 is 1.16. The van der Waals surface area contributed by atoms with Crippen molar-refractivity contribution in [1.29, 1.82) is 0 Å². The molecule has 0 aliphatic carbocycles. The maximum Gasteiger partial charge on any atom is 0.348 e. The van der Waals surface area contributed by atoms with Crippen molar-refractivity contribution in [2.24, 2.45) is 5.92 Å². The number of piperidine rings is 1. The van der Waals surface area contributed by atoms with Gasteiger partial charge < -0.3 is 19.2 Å². The molecule has 1 saturated heterocycles. The lowest BCUT2D eigenvalue weighted by atomic mass is 9.97. The van der Waals surface area contributed by atoms with Crippen LogP contribution < -0.4 is 5.56 Å². The van der Waals surface area contributed by atoms with Crippen LogP contribution in [0.4, 0.5) is 0 Å². The molecule has 30 heavy (non-hydrogen) atoms. The number of aromatic nitrogens is 2. The Bertz CT molecular complexity index is 961. The Morgan fingerprint density at radius 1 is 1.23 bits per heavy atom. The molecule has 2 aromatic heterocycles. The van der Waals surface area contributed by atoms with Crippen molar-refractivity contribution in [2.75, 3.05) is 40.0 Å². The number of nitrogens with one attached hydrogen (secondary N) is 1. The third-order valence-corrected chi connectivity index (χ3v) is 6.30. The van der Waals surface area contributed by atoms with Gasteiger partial charge in [0.15, 0.2) is 0 Å². The molecule has 164 valence electrons. The minimum atomic E-state index is -0.477. The number of hydrogen-bond acceptors (Lipinski definition) is 9. The van der Waals surface area contributed by atoms with Crippen LogP contribution in [0.15, 0.2) is 4.79 Å². The van der Waals surface area contributed by atoms with Crippen LogP contribution in [0.1, 0.15) is 40.8 Å². The first-order valence-electron chi connectivity index (χ1n) is 10.0. The normalized spacial score (nSPS) is 15.4. The molecule has 1 N–H and O–H groups in total. The predicted octanol–water partition coefficient (Wildman–Crippen LogP) is 1.87. The van der Waals surface area contributed by atoms with Gasteiger partial charge in [-0.3, -0.25) is 14.5 Å². The molecule has 0 spiro atoms. The van der Waals surface area contributed by atoms with E-state index in [1.54, 1.807) is 6.92 Å². The van der Waals surface area contributed by atoms with Gasteiger partial charge in [-0.05, 0) is 45.3 Å². The number of esters is 2. The summed E-state index contributed by atoms with van der Waals surface area (Å²) in [6.45, 7) is 6.32. The van der Waals surface area contributed by atoms with Crippen molar-refractivity contribution in [1.82, 2.24) is 14.9 Å². The van der Waals surface area contributed by atoms with Crippen molar-refractivity contribution in [2.45, 2.75) is 33.2 Å². The fourth-order valence-corrected chi connectivity index (χ4v) is 4.63. The second kappa shape index (κ2) is 10.1. The molecule has 0 saturated carbocycles. The SMILES string of the molecule is CCOC(=O)C1CCN(Cc2nc3sc(C(=O)OCCOC)c(C)c3c(=O)[nH]2)CC1. The van der Waals surface area contributed by atoms with Crippen LogP contribution in [-0.2, 0) is 25.5 Å². The Morgan fingerprint density at radius 3 is 2.63 bits per heavy atom. The highest BCUT2D eigenvalue weighted by atomic mass is 32.1. The monoisotopic (exact) mass is 437 g/mol. The van der Waals surface area contributed by atoms with Gasteiger partial charge in [0.25, 0.3) is 5.56 Å². The second-order valence-electron chi connectivity index (χ2n) is 7.18. The molecule has 2 aromatic rings. The number of aromatic amines is 1. The van der Waals surface area contributed by atoms with Gasteiger partial charge in [-0.25, -0.2) is 9.78 Å². The van der Waals surface area contributed by atoms with E-state index in [0.29, 0.717) is 46.2 Å². The summed E-state index contributed by atoms with van der Waals surface area (Å²) in [5.41, 5.74) is 0.314. The smallest absolute Gasteiger partial charge is 0.348 e. The number of ether oxygens (including phenoxy) is 3. The van der Waals surface area contributed by atoms with Crippen LogP contribution in [0, 0.1) is 12.8 Å². The molecule has 3 rings (SSSR count). The summed E-state index contributed by atoms with van der Waals surface area (Å²) in [6.07, 6.45) is 1.45. The highest BCUT2D eigenvalue weighted by Gasteiger charge is 2.27. The fraction of sp³-hybridized carbons (Fsp3) is 0.600. The quantitative estimate of drug-likeness (QED) is 0.492. The Balaban J connectivity index is 1.70. The minimum Gasteiger partial charge on any atom is -0.466 e. The highest BCUT2D eigenvalue weighted by Crippen LogP contribution is 2.28. The number of methoxy groups -OCH3 is 1. The summed E-state index contributed by atoms with van der Waals surface area (Å²) in [5, 5.41) is 0.420. The summed E-state index contributed by atoms with van der Waals surface area (Å²) in [6, 6.07) is 0. The number of rotatable bonds is 8. The van der Waals surface area contributed by atoms with Crippen molar-refractivity contribution < 1.29 is 23.8 Å². The molecule has 1 fully saturated rings. The number of fused-ring (bicyclic) bond motifs is 1. The first kappa shape index (κ1) is 22.4. The van der Waals surface area contributed by atoms with Crippen LogP contribution in [-0.4, -0.2) is 66.8 Å². The second-order valence-corrected chi connectivity index (χ2v) is 8.18. The standard InChI is InChI=1S/C20H27N3O6S/c1-4-28-19(25)13-5-7-23(8-6-13)11-14-21-17(24)15-12(2)16(30-18(15)22-14)20(26)29-10-9-27-3/h13H,4-11H2,1-3H3,(H,21,22,24). The van der Waals surface area contributed by atoms with Gasteiger partial charge in [-0.2, -0.15) is 0 Å². The molecule has 10 heteroatoms. The largest absolute Gasteiger partial charge is 0.466 e. The number of nitrogens with zero attached hydrogens (tertiary/aromatic N) is 2. The van der Waals surface area contributed by atoms with E-state index in [9.17, 15) is 14.4 Å². The van der Waals surface area contributed by atoms with Crippen LogP contribution in [0.2, 0.25) is 0 Å². The Hall–Kier alpha value is -2.30. The number of carbonyl (C=O) groups is 2. The van der Waals surface area contributed by atoms with Crippen LogP contribution in [0.5, 0.6) is 0 Å². The molecule has 1 aliphatic heterocycles. The maximum atomic E-state index is 12.6. The first-order chi connectivity index (χ1) is 14.4. The summed E-state index contributed by atoms with van der Waals surface area (Å²) in [5.74, 6) is -0.136. The van der Waals surface area contributed by atoms with E-state index in [-0.39, 0.29) is 24.1 Å². The molecule has 1 aliphatic rings. The molecular formula is C20H27N3O6S. The van der Waals surface area contributed by atoms with Crippen molar-refractivity contribution in [3.63, 3.8) is 0 Å². The third kappa shape index (κ3) is 5.05. The zero-order chi connectivity index (χ0) is 21.7. The van der Waals surface area contributed by atoms with Crippen molar-refractivity contribution >= 4 is 33.5 Å². The maximum absolute atomic E-state index is 12.6. The number of hydrogen-bond donors (Lipinski definition) is 1. The lowest BCUT2D eigenvalue weighted by Gasteiger charge is -2.30. The van der Waals surface area contributed by atoms with Gasteiger partial charge in [0.1, 0.15) is 22.1 Å². The van der Waals surface area contributed by atoms with Crippen molar-refractivity contribution in [3.8, 4) is 0 Å². The molecule has 0 amide bonds. The van der Waals surface area contributed by atoms with Gasteiger partial charge in [0.05, 0.1) is 31.1 Å². The van der Waals surface area contributed by atoms with Crippen LogP contribution in [0.3, 0.4) is 0 Å². The van der Waals surface area contributed by atoms with Gasteiger partial charge in [-0.15, -0.1) is 11.3 Å². The summed E-state index contributed by atoms with van der Waals surface area (Å²) in [4.78, 5) is 47.3. The summed E-state index contributed by atoms with van der Waals surface area (Å²) < 4.78 is 15.2. The van der Waals surface area contributed by atoms with Gasteiger partial charge >= 0.3 is 11.9 Å². The van der Waals surface area contributed by atoms with E-state index in [1.807, 2.05) is 6.92 Å². The molecular weight excluding hydrogens is 410 g/mol. The van der Waals surface area contributed by atoms with Crippen LogP contribution in [0.25, 0.3) is 10.2 Å². The highest BCUT2D eigenvalue weighted by molar-refractivity contribution is 7.20. The average Bonchev–Trinajstić information content (AvgIpc) is 3.05. The minimum absolute atomic E-state index is 0.0673. The number of likely N-dealkylation sites (tertiary alicyclic amines) is 1. The zero-order valence-electron chi connectivity index (χ0n) is 17.5. The number of carbonyl (C=O) groups excluding carboxylic acids is 2. The predicted molar refractivity (Wildman–Crippen MR) is 112 cm³/mol. The van der Waals surface area contributed by atoms with E-state index in [1.165, 1.54) is 7.11 Å². The first-order valence-corrected chi connectivity index (χ1v) is 10.8. The Labute approximate surface area is 178 Å². The fourth-order valence-electron chi connectivity index (χ4n) is 3.54. The number of H-pyrrole nitrogens is 1.